The average Bonchev–Trinajstić information content (AvgIpc) is 2.38. The van der Waals surface area contributed by atoms with E-state index < -0.39 is 6.10 Å². The van der Waals surface area contributed by atoms with E-state index in [0.29, 0.717) is 5.92 Å². The maximum atomic E-state index is 9.71. The molecule has 1 aromatic carbocycles. The number of rotatable bonds is 3. The minimum Gasteiger partial charge on any atom is -0.387 e. The second-order valence-corrected chi connectivity index (χ2v) is 6.50. The number of hydrogen-bond acceptors (Lipinski definition) is 3. The minimum atomic E-state index is -0.553. The summed E-state index contributed by atoms with van der Waals surface area (Å²) in [5, 5.41) is 9.71. The Labute approximate surface area is 115 Å². The molecule has 0 bridgehead atoms. The summed E-state index contributed by atoms with van der Waals surface area (Å²) in [7, 11) is 0. The van der Waals surface area contributed by atoms with Gasteiger partial charge in [0.1, 0.15) is 0 Å². The second-order valence-electron chi connectivity index (χ2n) is 4.42. The normalized spacial score (nSPS) is 19.2. The molecule has 0 radical (unpaired) electrons. The van der Waals surface area contributed by atoms with Gasteiger partial charge in [0.2, 0.25) is 0 Å². The summed E-state index contributed by atoms with van der Waals surface area (Å²) < 4.78 is 1.11. The van der Waals surface area contributed by atoms with Crippen molar-refractivity contribution >= 4 is 27.7 Å². The lowest BCUT2D eigenvalue weighted by Crippen LogP contribution is -2.12. The Kier molecular flexibility index (Phi) is 4.91. The van der Waals surface area contributed by atoms with E-state index in [-0.39, 0.29) is 6.54 Å². The monoisotopic (exact) mass is 315 g/mol. The maximum absolute atomic E-state index is 9.71. The van der Waals surface area contributed by atoms with Crippen molar-refractivity contribution in [1.29, 1.82) is 0 Å². The molecule has 94 valence electrons. The first-order valence-electron chi connectivity index (χ1n) is 5.97. The lowest BCUT2D eigenvalue weighted by atomic mass is 9.92. The van der Waals surface area contributed by atoms with Crippen LogP contribution in [0.4, 0.5) is 0 Å². The number of nitrogens with two attached hydrogens (primary N) is 1. The number of aliphatic hydroxyl groups excluding tert-OH is 1. The molecule has 1 aliphatic rings. The van der Waals surface area contributed by atoms with Crippen LogP contribution in [0.15, 0.2) is 22.7 Å². The number of thioether (sulfide) groups is 1. The van der Waals surface area contributed by atoms with Crippen LogP contribution in [0.2, 0.25) is 0 Å². The molecule has 2 rings (SSSR count). The van der Waals surface area contributed by atoms with E-state index in [9.17, 15) is 5.11 Å². The van der Waals surface area contributed by atoms with Crippen LogP contribution >= 0.6 is 27.7 Å². The molecule has 0 spiro atoms. The summed E-state index contributed by atoms with van der Waals surface area (Å²) in [6.07, 6.45) is 1.95. The molecule has 3 N–H and O–H groups in total. The smallest absolute Gasteiger partial charge is 0.0912 e. The van der Waals surface area contributed by atoms with Gasteiger partial charge < -0.3 is 10.8 Å². The lowest BCUT2D eigenvalue weighted by molar-refractivity contribution is 0.186. The zero-order valence-corrected chi connectivity index (χ0v) is 12.1. The Balaban J connectivity index is 2.18. The van der Waals surface area contributed by atoms with Gasteiger partial charge in [0.15, 0.2) is 0 Å². The Bertz CT molecular complexity index is 380. The van der Waals surface area contributed by atoms with Crippen molar-refractivity contribution in [2.75, 3.05) is 18.1 Å². The van der Waals surface area contributed by atoms with Crippen molar-refractivity contribution in [1.82, 2.24) is 0 Å². The molecule has 1 unspecified atom stereocenters. The van der Waals surface area contributed by atoms with E-state index in [1.807, 2.05) is 23.9 Å². The molecule has 1 atom stereocenters. The standard InChI is InChI=1S/C13H18BrNOS/c14-12-7-10(13(16)8-15)1-2-11(12)9-3-5-17-6-4-9/h1-2,7,9,13,16H,3-6,8,15H2. The largest absolute Gasteiger partial charge is 0.387 e. The molecule has 0 aromatic heterocycles. The molecule has 0 aliphatic carbocycles. The summed E-state index contributed by atoms with van der Waals surface area (Å²) in [5.74, 6) is 3.17. The van der Waals surface area contributed by atoms with Gasteiger partial charge in [-0.2, -0.15) is 11.8 Å². The van der Waals surface area contributed by atoms with Gasteiger partial charge in [-0.3, -0.25) is 0 Å². The second kappa shape index (κ2) is 6.23. The summed E-state index contributed by atoms with van der Waals surface area (Å²) in [4.78, 5) is 0. The number of halogens is 1. The zero-order valence-electron chi connectivity index (χ0n) is 9.73. The highest BCUT2D eigenvalue weighted by Gasteiger charge is 2.18. The molecule has 1 aromatic rings. The summed E-state index contributed by atoms with van der Waals surface area (Å²) in [6.45, 7) is 0.270. The molecular formula is C13H18BrNOS. The SMILES string of the molecule is NCC(O)c1ccc(C2CCSCC2)c(Br)c1. The van der Waals surface area contributed by atoms with Crippen LogP contribution in [0, 0.1) is 0 Å². The van der Waals surface area contributed by atoms with Crippen LogP contribution < -0.4 is 5.73 Å². The van der Waals surface area contributed by atoms with Crippen LogP contribution in [0.5, 0.6) is 0 Å². The van der Waals surface area contributed by atoms with E-state index in [1.165, 1.54) is 29.9 Å². The van der Waals surface area contributed by atoms with Crippen LogP contribution in [-0.2, 0) is 0 Å². The summed E-state index contributed by atoms with van der Waals surface area (Å²) in [6, 6.07) is 6.15. The predicted octanol–water partition coefficient (Wildman–Crippen LogP) is 3.05. The van der Waals surface area contributed by atoms with Crippen molar-refractivity contribution in [2.45, 2.75) is 24.9 Å². The van der Waals surface area contributed by atoms with Gasteiger partial charge in [0.25, 0.3) is 0 Å². The van der Waals surface area contributed by atoms with Gasteiger partial charge in [0.05, 0.1) is 6.10 Å². The van der Waals surface area contributed by atoms with Crippen LogP contribution in [-0.4, -0.2) is 23.2 Å². The Morgan fingerprint density at radius 1 is 1.41 bits per heavy atom. The third-order valence-corrected chi connectivity index (χ3v) is 5.03. The van der Waals surface area contributed by atoms with Gasteiger partial charge in [0, 0.05) is 11.0 Å². The lowest BCUT2D eigenvalue weighted by Gasteiger charge is -2.23. The highest BCUT2D eigenvalue weighted by Crippen LogP contribution is 2.36. The summed E-state index contributed by atoms with van der Waals surface area (Å²) >= 11 is 5.66. The van der Waals surface area contributed by atoms with Gasteiger partial charge in [-0.05, 0) is 47.5 Å². The topological polar surface area (TPSA) is 46.2 Å². The minimum absolute atomic E-state index is 0.270. The maximum Gasteiger partial charge on any atom is 0.0912 e. The Hall–Kier alpha value is -0.0300. The number of benzene rings is 1. The van der Waals surface area contributed by atoms with Gasteiger partial charge in [-0.25, -0.2) is 0 Å². The van der Waals surface area contributed by atoms with Crippen LogP contribution in [0.25, 0.3) is 0 Å². The van der Waals surface area contributed by atoms with E-state index in [2.05, 4.69) is 22.0 Å². The van der Waals surface area contributed by atoms with Gasteiger partial charge >= 0.3 is 0 Å². The van der Waals surface area contributed by atoms with Crippen molar-refractivity contribution in [2.24, 2.45) is 5.73 Å². The highest BCUT2D eigenvalue weighted by atomic mass is 79.9. The van der Waals surface area contributed by atoms with Crippen LogP contribution in [0.3, 0.4) is 0 Å². The van der Waals surface area contributed by atoms with Crippen molar-refractivity contribution in [3.8, 4) is 0 Å². The average molecular weight is 316 g/mol. The first-order chi connectivity index (χ1) is 8.22. The fourth-order valence-corrected chi connectivity index (χ4v) is 4.05. The molecule has 4 heteroatoms. The molecule has 1 heterocycles. The molecule has 1 aliphatic heterocycles. The fraction of sp³-hybridized carbons (Fsp3) is 0.538. The van der Waals surface area contributed by atoms with E-state index in [1.54, 1.807) is 0 Å². The molecule has 1 saturated heterocycles. The first-order valence-corrected chi connectivity index (χ1v) is 7.92. The molecule has 2 nitrogen and oxygen atoms in total. The third-order valence-electron chi connectivity index (χ3n) is 3.29. The predicted molar refractivity (Wildman–Crippen MR) is 77.5 cm³/mol. The molecule has 1 fully saturated rings. The van der Waals surface area contributed by atoms with Gasteiger partial charge in [-0.15, -0.1) is 0 Å². The quantitative estimate of drug-likeness (QED) is 0.901. The van der Waals surface area contributed by atoms with Crippen molar-refractivity contribution < 1.29 is 5.11 Å². The number of hydrogen-bond donors (Lipinski definition) is 2. The van der Waals surface area contributed by atoms with E-state index >= 15 is 0 Å². The van der Waals surface area contributed by atoms with E-state index in [4.69, 9.17) is 5.73 Å². The number of aliphatic hydroxyl groups is 1. The molecular weight excluding hydrogens is 298 g/mol. The Morgan fingerprint density at radius 3 is 2.71 bits per heavy atom. The zero-order chi connectivity index (χ0) is 12.3. The summed E-state index contributed by atoms with van der Waals surface area (Å²) in [5.41, 5.74) is 7.74. The van der Waals surface area contributed by atoms with E-state index in [0.717, 1.165) is 10.0 Å². The highest BCUT2D eigenvalue weighted by molar-refractivity contribution is 9.10. The third kappa shape index (κ3) is 3.25. The van der Waals surface area contributed by atoms with Crippen LogP contribution in [0.1, 0.15) is 36.0 Å². The molecule has 0 amide bonds. The molecule has 17 heavy (non-hydrogen) atoms. The first kappa shape index (κ1) is 13.4. The molecule has 0 saturated carbocycles. The fourth-order valence-electron chi connectivity index (χ4n) is 2.23. The van der Waals surface area contributed by atoms with Gasteiger partial charge in [-0.1, -0.05) is 28.1 Å². The van der Waals surface area contributed by atoms with Crippen molar-refractivity contribution in [3.05, 3.63) is 33.8 Å². The van der Waals surface area contributed by atoms with Crippen molar-refractivity contribution in [3.63, 3.8) is 0 Å². The Morgan fingerprint density at radius 2 is 2.12 bits per heavy atom.